The number of alkyl halides is 4. The second kappa shape index (κ2) is 5.99. The molecule has 0 spiro atoms. The predicted octanol–water partition coefficient (Wildman–Crippen LogP) is 2.24. The van der Waals surface area contributed by atoms with Crippen molar-refractivity contribution in [3.8, 4) is 12.3 Å². The number of hydrogen-bond acceptors (Lipinski definition) is 2. The van der Waals surface area contributed by atoms with Crippen molar-refractivity contribution in [2.24, 2.45) is 5.73 Å². The number of carbonyl (C=O) groups is 1. The Balaban J connectivity index is 4.25. The lowest BCUT2D eigenvalue weighted by molar-refractivity contribution is -0.130. The van der Waals surface area contributed by atoms with E-state index in [1.807, 2.05) is 0 Å². The normalized spacial score (nSPS) is 15.2. The van der Waals surface area contributed by atoms with Gasteiger partial charge in [0.1, 0.15) is 0 Å². The Labute approximate surface area is 94.9 Å². The summed E-state index contributed by atoms with van der Waals surface area (Å²) in [5.41, 5.74) is 4.78. The van der Waals surface area contributed by atoms with Gasteiger partial charge >= 0.3 is 6.18 Å². The molecule has 0 saturated carbocycles. The van der Waals surface area contributed by atoms with Gasteiger partial charge in [0.15, 0.2) is 0 Å². The maximum Gasteiger partial charge on any atom is 0.389 e. The van der Waals surface area contributed by atoms with Crippen LogP contribution in [0, 0.1) is 12.3 Å². The van der Waals surface area contributed by atoms with Crippen molar-refractivity contribution in [2.45, 2.75) is 30.4 Å². The molecule has 16 heavy (non-hydrogen) atoms. The van der Waals surface area contributed by atoms with Crippen molar-refractivity contribution in [2.75, 3.05) is 5.75 Å². The minimum atomic E-state index is -4.38. The quantitative estimate of drug-likeness (QED) is 0.585. The van der Waals surface area contributed by atoms with Crippen LogP contribution in [0.1, 0.15) is 19.3 Å². The zero-order valence-electron chi connectivity index (χ0n) is 8.31. The van der Waals surface area contributed by atoms with Gasteiger partial charge in [-0.25, -0.2) is 4.39 Å². The Morgan fingerprint density at radius 3 is 2.25 bits per heavy atom. The van der Waals surface area contributed by atoms with E-state index in [0.29, 0.717) is 0 Å². The molecule has 2 nitrogen and oxygen atoms in total. The SMILES string of the molecule is C#CCCC(F)(SCCC(F)(F)F)C(N)=O. The van der Waals surface area contributed by atoms with E-state index in [0.717, 1.165) is 0 Å². The highest BCUT2D eigenvalue weighted by Gasteiger charge is 2.38. The molecular weight excluding hydrogens is 246 g/mol. The van der Waals surface area contributed by atoms with E-state index in [4.69, 9.17) is 12.2 Å². The molecule has 0 aromatic rings. The van der Waals surface area contributed by atoms with Gasteiger partial charge in [0, 0.05) is 18.6 Å². The zero-order chi connectivity index (χ0) is 12.8. The number of amides is 1. The molecule has 1 unspecified atom stereocenters. The Kier molecular flexibility index (Phi) is 5.65. The molecule has 0 heterocycles. The molecule has 0 radical (unpaired) electrons. The number of nitrogens with two attached hydrogens (primary N) is 1. The smallest absolute Gasteiger partial charge is 0.366 e. The molecule has 1 atom stereocenters. The molecule has 0 saturated heterocycles. The summed E-state index contributed by atoms with van der Waals surface area (Å²) in [6.07, 6.45) is -1.11. The van der Waals surface area contributed by atoms with Crippen LogP contribution in [0.25, 0.3) is 0 Å². The highest BCUT2D eigenvalue weighted by Crippen LogP contribution is 2.34. The summed E-state index contributed by atoms with van der Waals surface area (Å²) in [5, 5.41) is -2.52. The van der Waals surface area contributed by atoms with Gasteiger partial charge in [-0.1, -0.05) is 0 Å². The van der Waals surface area contributed by atoms with Crippen molar-refractivity contribution < 1.29 is 22.4 Å². The fourth-order valence-electron chi connectivity index (χ4n) is 0.828. The van der Waals surface area contributed by atoms with Crippen LogP contribution in [0.3, 0.4) is 0 Å². The lowest BCUT2D eigenvalue weighted by Crippen LogP contribution is -2.37. The monoisotopic (exact) mass is 257 g/mol. The highest BCUT2D eigenvalue weighted by atomic mass is 32.2. The lowest BCUT2D eigenvalue weighted by Gasteiger charge is -2.20. The number of terminal acetylenes is 1. The molecule has 0 aliphatic heterocycles. The van der Waals surface area contributed by atoms with E-state index in [-0.39, 0.29) is 24.6 Å². The summed E-state index contributed by atoms with van der Waals surface area (Å²) >= 11 is 0.242. The van der Waals surface area contributed by atoms with Gasteiger partial charge in [0.2, 0.25) is 5.00 Å². The van der Waals surface area contributed by atoms with Crippen LogP contribution in [0.5, 0.6) is 0 Å². The average Bonchev–Trinajstić information content (AvgIpc) is 2.12. The molecular formula is C9H11F4NOS. The maximum absolute atomic E-state index is 13.7. The first kappa shape index (κ1) is 15.1. The van der Waals surface area contributed by atoms with E-state index < -0.39 is 29.3 Å². The predicted molar refractivity (Wildman–Crippen MR) is 54.2 cm³/mol. The van der Waals surface area contributed by atoms with E-state index >= 15 is 0 Å². The first-order valence-electron chi connectivity index (χ1n) is 4.34. The number of halogens is 4. The average molecular weight is 257 g/mol. The first-order valence-corrected chi connectivity index (χ1v) is 5.33. The van der Waals surface area contributed by atoms with Crippen LogP contribution in [0.2, 0.25) is 0 Å². The minimum Gasteiger partial charge on any atom is -0.366 e. The summed E-state index contributed by atoms with van der Waals surface area (Å²) in [6, 6.07) is 0. The lowest BCUT2D eigenvalue weighted by atomic mass is 10.2. The largest absolute Gasteiger partial charge is 0.389 e. The van der Waals surface area contributed by atoms with Gasteiger partial charge in [0.25, 0.3) is 5.91 Å². The number of hydrogen-bond donors (Lipinski definition) is 1. The van der Waals surface area contributed by atoms with Gasteiger partial charge < -0.3 is 5.73 Å². The molecule has 0 rings (SSSR count). The standard InChI is InChI=1S/C9H11F4NOS/c1-2-3-4-8(10,7(14)15)16-6-5-9(11,12)13/h1H,3-6H2,(H2,14,15). The Morgan fingerprint density at radius 1 is 1.31 bits per heavy atom. The fourth-order valence-corrected chi connectivity index (χ4v) is 1.87. The van der Waals surface area contributed by atoms with Gasteiger partial charge in [-0.15, -0.1) is 24.1 Å². The first-order chi connectivity index (χ1) is 7.21. The molecule has 0 aromatic heterocycles. The molecule has 92 valence electrons. The molecule has 0 fully saturated rings. The van der Waals surface area contributed by atoms with Crippen LogP contribution in [0.4, 0.5) is 17.6 Å². The third-order valence-corrected chi connectivity index (χ3v) is 2.95. The maximum atomic E-state index is 13.7. The summed E-state index contributed by atoms with van der Waals surface area (Å²) in [6.45, 7) is 0. The van der Waals surface area contributed by atoms with Gasteiger partial charge in [-0.05, 0) is 0 Å². The van der Waals surface area contributed by atoms with E-state index in [2.05, 4.69) is 5.92 Å². The summed E-state index contributed by atoms with van der Waals surface area (Å²) in [5.74, 6) is 0.243. The second-order valence-corrected chi connectivity index (χ2v) is 4.35. The molecule has 7 heteroatoms. The van der Waals surface area contributed by atoms with Crippen LogP contribution in [-0.4, -0.2) is 22.8 Å². The van der Waals surface area contributed by atoms with E-state index in [9.17, 15) is 22.4 Å². The van der Waals surface area contributed by atoms with Crippen molar-refractivity contribution >= 4 is 17.7 Å². The third kappa shape index (κ3) is 5.85. The topological polar surface area (TPSA) is 43.1 Å². The fraction of sp³-hybridized carbons (Fsp3) is 0.667. The highest BCUT2D eigenvalue weighted by molar-refractivity contribution is 8.01. The minimum absolute atomic E-state index is 0.0571. The zero-order valence-corrected chi connectivity index (χ0v) is 9.13. The molecule has 0 aliphatic rings. The van der Waals surface area contributed by atoms with Crippen LogP contribution >= 0.6 is 11.8 Å². The van der Waals surface area contributed by atoms with Crippen molar-refractivity contribution in [3.63, 3.8) is 0 Å². The number of carbonyl (C=O) groups excluding carboxylic acids is 1. The Hall–Kier alpha value is -0.900. The van der Waals surface area contributed by atoms with Crippen molar-refractivity contribution in [1.82, 2.24) is 0 Å². The van der Waals surface area contributed by atoms with Gasteiger partial charge in [-0.3, -0.25) is 4.79 Å². The summed E-state index contributed by atoms with van der Waals surface area (Å²) < 4.78 is 49.1. The van der Waals surface area contributed by atoms with Crippen molar-refractivity contribution in [1.29, 1.82) is 0 Å². The van der Waals surface area contributed by atoms with Gasteiger partial charge in [0.05, 0.1) is 6.42 Å². The number of primary amides is 1. The molecule has 2 N–H and O–H groups in total. The number of rotatable bonds is 6. The third-order valence-electron chi connectivity index (χ3n) is 1.68. The molecule has 0 aromatic carbocycles. The van der Waals surface area contributed by atoms with Crippen molar-refractivity contribution in [3.05, 3.63) is 0 Å². The van der Waals surface area contributed by atoms with Crippen LogP contribution < -0.4 is 5.73 Å². The Morgan fingerprint density at radius 2 is 1.88 bits per heavy atom. The van der Waals surface area contributed by atoms with Crippen LogP contribution in [-0.2, 0) is 4.79 Å². The number of thioether (sulfide) groups is 1. The second-order valence-electron chi connectivity index (χ2n) is 3.01. The van der Waals surface area contributed by atoms with Crippen LogP contribution in [0.15, 0.2) is 0 Å². The summed E-state index contributed by atoms with van der Waals surface area (Å²) in [4.78, 5) is 10.8. The Bertz CT molecular complexity index is 286. The van der Waals surface area contributed by atoms with E-state index in [1.165, 1.54) is 0 Å². The summed E-state index contributed by atoms with van der Waals surface area (Å²) in [7, 11) is 0. The van der Waals surface area contributed by atoms with E-state index in [1.54, 1.807) is 0 Å². The van der Waals surface area contributed by atoms with Gasteiger partial charge in [-0.2, -0.15) is 13.2 Å². The molecule has 1 amide bonds. The molecule has 0 aliphatic carbocycles. The molecule has 0 bridgehead atoms.